The minimum absolute atomic E-state index is 0.110. The molecule has 3 aliphatic rings. The molecule has 10 heteroatoms. The summed E-state index contributed by atoms with van der Waals surface area (Å²) < 4.78 is 45.9. The van der Waals surface area contributed by atoms with Crippen molar-refractivity contribution in [2.75, 3.05) is 46.5 Å². The fraction of sp³-hybridized carbons (Fsp3) is 0.667. The predicted molar refractivity (Wildman–Crippen MR) is 113 cm³/mol. The summed E-state index contributed by atoms with van der Waals surface area (Å²) in [6, 6.07) is 7.50. The average Bonchev–Trinajstić information content (AvgIpc) is 3.26. The van der Waals surface area contributed by atoms with Gasteiger partial charge in [0.25, 0.3) is 10.2 Å². The summed E-state index contributed by atoms with van der Waals surface area (Å²) in [7, 11) is -2.00. The van der Waals surface area contributed by atoms with Crippen molar-refractivity contribution in [3.8, 4) is 5.75 Å². The van der Waals surface area contributed by atoms with Gasteiger partial charge in [-0.2, -0.15) is 17.0 Å². The number of benzene rings is 1. The molecule has 3 aliphatic heterocycles. The number of hydrogen-bond acceptors (Lipinski definition) is 6. The third-order valence-electron chi connectivity index (χ3n) is 6.33. The summed E-state index contributed by atoms with van der Waals surface area (Å²) in [5.41, 5.74) is 0.966. The van der Waals surface area contributed by atoms with Crippen molar-refractivity contribution in [1.29, 1.82) is 0 Å². The Morgan fingerprint density at radius 3 is 2.45 bits per heavy atom. The highest BCUT2D eigenvalue weighted by molar-refractivity contribution is 7.86. The Labute approximate surface area is 183 Å². The van der Waals surface area contributed by atoms with Crippen LogP contribution in [0, 0.1) is 5.92 Å². The second kappa shape index (κ2) is 9.41. The van der Waals surface area contributed by atoms with Gasteiger partial charge in [0.05, 0.1) is 26.2 Å². The van der Waals surface area contributed by atoms with Crippen molar-refractivity contribution in [3.63, 3.8) is 0 Å². The lowest BCUT2D eigenvalue weighted by molar-refractivity contribution is -0.179. The zero-order valence-electron chi connectivity index (χ0n) is 17.9. The van der Waals surface area contributed by atoms with Gasteiger partial charge in [0, 0.05) is 45.6 Å². The minimum atomic E-state index is -3.61. The number of piperidine rings is 2. The lowest BCUT2D eigenvalue weighted by atomic mass is 9.99. The fourth-order valence-electron chi connectivity index (χ4n) is 4.45. The van der Waals surface area contributed by atoms with Crippen molar-refractivity contribution in [2.45, 2.75) is 38.0 Å². The molecule has 0 aliphatic carbocycles. The zero-order chi connectivity index (χ0) is 21.9. The van der Waals surface area contributed by atoms with E-state index >= 15 is 0 Å². The number of rotatable bonds is 6. The molecule has 31 heavy (non-hydrogen) atoms. The van der Waals surface area contributed by atoms with Crippen LogP contribution in [-0.2, 0) is 31.0 Å². The van der Waals surface area contributed by atoms with Crippen molar-refractivity contribution in [2.24, 2.45) is 5.92 Å². The Morgan fingerprint density at radius 1 is 1.13 bits per heavy atom. The predicted octanol–water partition coefficient (Wildman–Crippen LogP) is 1.11. The fourth-order valence-corrected chi connectivity index (χ4v) is 6.15. The van der Waals surface area contributed by atoms with E-state index in [1.807, 2.05) is 24.3 Å². The number of carbonyl (C=O) groups is 1. The number of amides is 1. The molecule has 1 aromatic carbocycles. The van der Waals surface area contributed by atoms with Crippen LogP contribution in [0.1, 0.15) is 31.2 Å². The number of methoxy groups -OCH3 is 1. The van der Waals surface area contributed by atoms with E-state index in [0.717, 1.165) is 11.3 Å². The van der Waals surface area contributed by atoms with Gasteiger partial charge in [-0.25, -0.2) is 0 Å². The average molecular weight is 454 g/mol. The first-order valence-electron chi connectivity index (χ1n) is 10.9. The van der Waals surface area contributed by atoms with E-state index in [1.165, 1.54) is 8.61 Å². The maximum Gasteiger partial charge on any atom is 0.282 e. The summed E-state index contributed by atoms with van der Waals surface area (Å²) in [5.74, 6) is -0.309. The summed E-state index contributed by atoms with van der Waals surface area (Å²) in [4.78, 5) is 12.7. The molecule has 0 aromatic heterocycles. The van der Waals surface area contributed by atoms with E-state index in [0.29, 0.717) is 65.1 Å². The van der Waals surface area contributed by atoms with Gasteiger partial charge in [-0.1, -0.05) is 12.1 Å². The van der Waals surface area contributed by atoms with Crippen LogP contribution in [0.25, 0.3) is 0 Å². The van der Waals surface area contributed by atoms with E-state index in [4.69, 9.17) is 14.2 Å². The smallest absolute Gasteiger partial charge is 0.282 e. The summed E-state index contributed by atoms with van der Waals surface area (Å²) in [6.07, 6.45) is 2.42. The first-order valence-corrected chi connectivity index (χ1v) is 12.3. The Hall–Kier alpha value is -1.72. The van der Waals surface area contributed by atoms with Gasteiger partial charge in [-0.05, 0) is 30.5 Å². The first-order chi connectivity index (χ1) is 14.9. The number of ether oxygens (including phenoxy) is 3. The van der Waals surface area contributed by atoms with Crippen LogP contribution in [0.2, 0.25) is 0 Å². The molecular formula is C21H31N3O6S. The van der Waals surface area contributed by atoms with E-state index in [1.54, 1.807) is 7.11 Å². The highest BCUT2D eigenvalue weighted by Crippen LogP contribution is 2.33. The van der Waals surface area contributed by atoms with Gasteiger partial charge in [0.2, 0.25) is 5.91 Å². The molecule has 1 aromatic rings. The lowest BCUT2D eigenvalue weighted by Crippen LogP contribution is -2.54. The Kier molecular flexibility index (Phi) is 6.83. The van der Waals surface area contributed by atoms with Crippen LogP contribution in [0.3, 0.4) is 0 Å². The molecule has 9 nitrogen and oxygen atoms in total. The second-order valence-corrected chi connectivity index (χ2v) is 10.2. The Bertz CT molecular complexity index is 860. The standard InChI is InChI=1S/C21H31N3O6S/c1-28-19-6-4-17(5-7-19)15-22-20(25)18-3-2-10-24(16-18)31(26,27)23-11-8-21(9-12-23)29-13-14-30-21/h4-7,18H,2-3,8-16H2,1H3,(H,22,25)/t18-/m1/s1. The van der Waals surface area contributed by atoms with E-state index < -0.39 is 16.0 Å². The molecular weight excluding hydrogens is 422 g/mol. The monoisotopic (exact) mass is 453 g/mol. The molecule has 1 amide bonds. The molecule has 0 radical (unpaired) electrons. The largest absolute Gasteiger partial charge is 0.497 e. The summed E-state index contributed by atoms with van der Waals surface area (Å²) >= 11 is 0. The molecule has 0 saturated carbocycles. The number of carbonyl (C=O) groups excluding carboxylic acids is 1. The minimum Gasteiger partial charge on any atom is -0.497 e. The molecule has 3 saturated heterocycles. The zero-order valence-corrected chi connectivity index (χ0v) is 18.7. The molecule has 1 spiro atoms. The molecule has 3 fully saturated rings. The number of hydrogen-bond donors (Lipinski definition) is 1. The van der Waals surface area contributed by atoms with Crippen LogP contribution in [-0.4, -0.2) is 75.2 Å². The lowest BCUT2D eigenvalue weighted by Gasteiger charge is -2.40. The summed E-state index contributed by atoms with van der Waals surface area (Å²) in [5, 5.41) is 2.94. The van der Waals surface area contributed by atoms with Gasteiger partial charge < -0.3 is 19.5 Å². The molecule has 4 rings (SSSR count). The highest BCUT2D eigenvalue weighted by Gasteiger charge is 2.44. The Morgan fingerprint density at radius 2 is 1.81 bits per heavy atom. The van der Waals surface area contributed by atoms with Gasteiger partial charge >= 0.3 is 0 Å². The van der Waals surface area contributed by atoms with Crippen LogP contribution in [0.4, 0.5) is 0 Å². The van der Waals surface area contributed by atoms with Gasteiger partial charge in [-0.15, -0.1) is 0 Å². The molecule has 1 N–H and O–H groups in total. The quantitative estimate of drug-likeness (QED) is 0.693. The molecule has 3 heterocycles. The highest BCUT2D eigenvalue weighted by atomic mass is 32.2. The van der Waals surface area contributed by atoms with Gasteiger partial charge in [0.15, 0.2) is 5.79 Å². The van der Waals surface area contributed by atoms with Crippen molar-refractivity contribution in [3.05, 3.63) is 29.8 Å². The van der Waals surface area contributed by atoms with E-state index in [2.05, 4.69) is 5.32 Å². The number of nitrogens with one attached hydrogen (secondary N) is 1. The van der Waals surface area contributed by atoms with Gasteiger partial charge in [0.1, 0.15) is 5.75 Å². The van der Waals surface area contributed by atoms with Gasteiger partial charge in [-0.3, -0.25) is 4.79 Å². The maximum absolute atomic E-state index is 13.2. The topological polar surface area (TPSA) is 97.4 Å². The SMILES string of the molecule is COc1ccc(CNC(=O)[C@@H]2CCCN(S(=O)(=O)N3CCC4(CC3)OCCO4)C2)cc1. The van der Waals surface area contributed by atoms with Crippen molar-refractivity contribution in [1.82, 2.24) is 13.9 Å². The van der Waals surface area contributed by atoms with Crippen molar-refractivity contribution >= 4 is 16.1 Å². The first kappa shape index (κ1) is 22.5. The van der Waals surface area contributed by atoms with E-state index in [-0.39, 0.29) is 18.4 Å². The van der Waals surface area contributed by atoms with E-state index in [9.17, 15) is 13.2 Å². The maximum atomic E-state index is 13.2. The van der Waals surface area contributed by atoms with Crippen LogP contribution in [0.5, 0.6) is 5.75 Å². The van der Waals surface area contributed by atoms with Crippen LogP contribution in [0.15, 0.2) is 24.3 Å². The van der Waals surface area contributed by atoms with Crippen LogP contribution < -0.4 is 10.1 Å². The number of nitrogens with zero attached hydrogens (tertiary/aromatic N) is 2. The molecule has 172 valence electrons. The molecule has 0 unspecified atom stereocenters. The second-order valence-electron chi connectivity index (χ2n) is 8.28. The summed E-state index contributed by atoms with van der Waals surface area (Å²) in [6.45, 7) is 2.92. The third kappa shape index (κ3) is 5.04. The van der Waals surface area contributed by atoms with Crippen LogP contribution >= 0.6 is 0 Å². The molecule has 1 atom stereocenters. The normalized spacial score (nSPS) is 24.9. The molecule has 0 bridgehead atoms. The Balaban J connectivity index is 1.31. The van der Waals surface area contributed by atoms with Crippen molar-refractivity contribution < 1.29 is 27.4 Å². The third-order valence-corrected chi connectivity index (χ3v) is 8.33.